The fourth-order valence-corrected chi connectivity index (χ4v) is 1.34. The maximum absolute atomic E-state index is 11.2. The van der Waals surface area contributed by atoms with Gasteiger partial charge in [-0.25, -0.2) is 0 Å². The summed E-state index contributed by atoms with van der Waals surface area (Å²) in [5.74, 6) is -0.328. The van der Waals surface area contributed by atoms with Gasteiger partial charge in [-0.2, -0.15) is 0 Å². The van der Waals surface area contributed by atoms with Gasteiger partial charge in [0.05, 0.1) is 13.2 Å². The molecule has 0 atom stereocenters. The monoisotopic (exact) mass is 382 g/mol. The van der Waals surface area contributed by atoms with Gasteiger partial charge in [-0.1, -0.05) is 26.7 Å². The number of rotatable bonds is 11. The summed E-state index contributed by atoms with van der Waals surface area (Å²) in [6.45, 7) is 5.12. The Balaban J connectivity index is 0. The van der Waals surface area contributed by atoms with Crippen LogP contribution in [0.1, 0.15) is 65.2 Å². The summed E-state index contributed by atoms with van der Waals surface area (Å²) in [7, 11) is 0. The molecule has 0 aliphatic carbocycles. The zero-order valence-electron chi connectivity index (χ0n) is 11.7. The normalized spacial score (nSPS) is 9.58. The predicted molar refractivity (Wildman–Crippen MR) is 81.5 cm³/mol. The van der Waals surface area contributed by atoms with E-state index in [-0.39, 0.29) is 35.8 Å². The Kier molecular flexibility index (Phi) is 17.5. The van der Waals surface area contributed by atoms with Crippen molar-refractivity contribution in [2.45, 2.75) is 65.2 Å². The molecule has 0 heterocycles. The Morgan fingerprint density at radius 3 is 1.42 bits per heavy atom. The van der Waals surface area contributed by atoms with Gasteiger partial charge in [0.2, 0.25) is 0 Å². The van der Waals surface area contributed by atoms with Crippen LogP contribution in [-0.2, 0) is 19.1 Å². The standard InChI is InChI=1S/C14H26O4.Sn.4H/c1-3-5-11-17-13(15)9-7-8-10-14(16)18-12-6-4-2;;;;;/h3-12H2,1-2H3;;;;;. The molecule has 0 N–H and O–H groups in total. The molecule has 0 rings (SSSR count). The van der Waals surface area contributed by atoms with Crippen LogP contribution in [0.3, 0.4) is 0 Å². The molecule has 0 aliphatic heterocycles. The van der Waals surface area contributed by atoms with Gasteiger partial charge in [0.15, 0.2) is 0 Å². The van der Waals surface area contributed by atoms with Gasteiger partial charge in [0.1, 0.15) is 0 Å². The van der Waals surface area contributed by atoms with E-state index in [1.165, 1.54) is 0 Å². The van der Waals surface area contributed by atoms with E-state index in [9.17, 15) is 9.59 Å². The zero-order valence-corrected chi connectivity index (χ0v) is 11.7. The molecular weight excluding hydrogens is 351 g/mol. The Bertz CT molecular complexity index is 207. The van der Waals surface area contributed by atoms with Crippen LogP contribution >= 0.6 is 0 Å². The minimum atomic E-state index is -0.164. The molecule has 0 fully saturated rings. The molecule has 0 saturated carbocycles. The Morgan fingerprint density at radius 1 is 0.737 bits per heavy atom. The summed E-state index contributed by atoms with van der Waals surface area (Å²) in [6.07, 6.45) is 6.04. The summed E-state index contributed by atoms with van der Waals surface area (Å²) in [5.41, 5.74) is 0. The molecule has 0 aromatic carbocycles. The number of carbonyl (C=O) groups excluding carboxylic acids is 2. The van der Waals surface area contributed by atoms with Crippen LogP contribution in [0.4, 0.5) is 0 Å². The first-order valence-corrected chi connectivity index (χ1v) is 7.02. The molecule has 0 spiro atoms. The molecule has 0 radical (unpaired) electrons. The van der Waals surface area contributed by atoms with Crippen LogP contribution in [0.15, 0.2) is 0 Å². The molecular formula is C14H30O4Sn. The van der Waals surface area contributed by atoms with Crippen molar-refractivity contribution in [3.05, 3.63) is 0 Å². The van der Waals surface area contributed by atoms with Gasteiger partial charge < -0.3 is 9.47 Å². The molecule has 4 nitrogen and oxygen atoms in total. The summed E-state index contributed by atoms with van der Waals surface area (Å²) >= 11 is 0. The Hall–Kier alpha value is -0.261. The minimum absolute atomic E-state index is 0. The number of carbonyl (C=O) groups is 2. The average molecular weight is 381 g/mol. The fourth-order valence-electron chi connectivity index (χ4n) is 1.34. The molecule has 0 unspecified atom stereocenters. The molecule has 0 bridgehead atoms. The van der Waals surface area contributed by atoms with Gasteiger partial charge in [-0.15, -0.1) is 0 Å². The van der Waals surface area contributed by atoms with E-state index in [1.807, 2.05) is 0 Å². The van der Waals surface area contributed by atoms with Crippen molar-refractivity contribution in [2.75, 3.05) is 13.2 Å². The van der Waals surface area contributed by atoms with Gasteiger partial charge in [-0.3, -0.25) is 9.59 Å². The van der Waals surface area contributed by atoms with E-state index < -0.39 is 0 Å². The van der Waals surface area contributed by atoms with E-state index in [1.54, 1.807) is 0 Å². The maximum atomic E-state index is 11.2. The SMILES string of the molecule is CCCCOC(=O)CCCCC(=O)OCCCC.[SnH4]. The molecule has 5 heteroatoms. The van der Waals surface area contributed by atoms with E-state index in [0.29, 0.717) is 38.9 Å². The van der Waals surface area contributed by atoms with Crippen LogP contribution in [0, 0.1) is 0 Å². The predicted octanol–water partition coefficient (Wildman–Crippen LogP) is 1.78. The number of ether oxygens (including phenoxy) is 2. The van der Waals surface area contributed by atoms with Crippen LogP contribution in [0.25, 0.3) is 0 Å². The second-order valence-electron chi connectivity index (χ2n) is 4.36. The third-order valence-electron chi connectivity index (χ3n) is 2.53. The molecule has 0 aliphatic rings. The van der Waals surface area contributed by atoms with Crippen molar-refractivity contribution in [1.29, 1.82) is 0 Å². The molecule has 0 amide bonds. The van der Waals surface area contributed by atoms with Crippen molar-refractivity contribution < 1.29 is 19.1 Å². The molecule has 0 aromatic heterocycles. The number of esters is 2. The van der Waals surface area contributed by atoms with Crippen LogP contribution in [-0.4, -0.2) is 49.1 Å². The van der Waals surface area contributed by atoms with E-state index in [2.05, 4.69) is 13.8 Å². The second-order valence-corrected chi connectivity index (χ2v) is 4.36. The molecule has 0 aromatic rings. The third kappa shape index (κ3) is 15.7. The first-order valence-electron chi connectivity index (χ1n) is 7.02. The van der Waals surface area contributed by atoms with Crippen LogP contribution in [0.5, 0.6) is 0 Å². The summed E-state index contributed by atoms with van der Waals surface area (Å²) in [5, 5.41) is 0. The topological polar surface area (TPSA) is 52.6 Å². The fraction of sp³-hybridized carbons (Fsp3) is 0.857. The summed E-state index contributed by atoms with van der Waals surface area (Å²) in [4.78, 5) is 22.5. The van der Waals surface area contributed by atoms with Crippen molar-refractivity contribution in [2.24, 2.45) is 0 Å². The van der Waals surface area contributed by atoms with Crippen molar-refractivity contribution in [1.82, 2.24) is 0 Å². The first kappa shape index (κ1) is 21.0. The van der Waals surface area contributed by atoms with E-state index in [0.717, 1.165) is 25.7 Å². The summed E-state index contributed by atoms with van der Waals surface area (Å²) < 4.78 is 10.0. The number of unbranched alkanes of at least 4 members (excludes halogenated alkanes) is 3. The average Bonchev–Trinajstić information content (AvgIpc) is 2.35. The molecule has 19 heavy (non-hydrogen) atoms. The number of hydrogen-bond donors (Lipinski definition) is 0. The van der Waals surface area contributed by atoms with E-state index >= 15 is 0 Å². The summed E-state index contributed by atoms with van der Waals surface area (Å²) in [6, 6.07) is 0. The van der Waals surface area contributed by atoms with Crippen LogP contribution in [0.2, 0.25) is 0 Å². The van der Waals surface area contributed by atoms with Crippen molar-refractivity contribution in [3.63, 3.8) is 0 Å². The van der Waals surface area contributed by atoms with Gasteiger partial charge >= 0.3 is 35.8 Å². The van der Waals surface area contributed by atoms with E-state index in [4.69, 9.17) is 9.47 Å². The molecule has 0 saturated heterocycles. The van der Waals surface area contributed by atoms with Gasteiger partial charge in [0, 0.05) is 12.8 Å². The first-order chi connectivity index (χ1) is 8.70. The van der Waals surface area contributed by atoms with Crippen LogP contribution < -0.4 is 0 Å². The quantitative estimate of drug-likeness (QED) is 0.311. The second kappa shape index (κ2) is 15.8. The van der Waals surface area contributed by atoms with Gasteiger partial charge in [-0.05, 0) is 25.7 Å². The zero-order chi connectivity index (χ0) is 13.6. The third-order valence-corrected chi connectivity index (χ3v) is 2.53. The van der Waals surface area contributed by atoms with Crippen molar-refractivity contribution in [3.8, 4) is 0 Å². The molecule has 114 valence electrons. The number of hydrogen-bond acceptors (Lipinski definition) is 4. The van der Waals surface area contributed by atoms with Gasteiger partial charge in [0.25, 0.3) is 0 Å². The van der Waals surface area contributed by atoms with Crippen molar-refractivity contribution >= 4 is 35.8 Å². The Morgan fingerprint density at radius 2 is 1.11 bits per heavy atom. The Labute approximate surface area is 133 Å².